The molecule has 2 atom stereocenters. The number of aliphatic hydroxyl groups is 1. The van der Waals surface area contributed by atoms with Crippen LogP contribution in [0.25, 0.3) is 0 Å². The molecule has 5 heteroatoms. The van der Waals surface area contributed by atoms with E-state index in [4.69, 9.17) is 0 Å². The van der Waals surface area contributed by atoms with Crippen LogP contribution in [0.5, 0.6) is 0 Å². The summed E-state index contributed by atoms with van der Waals surface area (Å²) in [5, 5.41) is 13.1. The number of nitrogens with one attached hydrogen (secondary N) is 1. The van der Waals surface area contributed by atoms with Gasteiger partial charge in [0.05, 0.1) is 5.25 Å². The number of rotatable bonds is 5. The molecule has 0 aliphatic heterocycles. The van der Waals surface area contributed by atoms with Gasteiger partial charge in [-0.15, -0.1) is 0 Å². The highest BCUT2D eigenvalue weighted by Gasteiger charge is 2.34. The van der Waals surface area contributed by atoms with Gasteiger partial charge >= 0.3 is 0 Å². The van der Waals surface area contributed by atoms with Crippen LogP contribution in [0.4, 0.5) is 0 Å². The third-order valence-electron chi connectivity index (χ3n) is 5.25. The van der Waals surface area contributed by atoms with Crippen LogP contribution in [-0.2, 0) is 9.84 Å². The normalized spacial score (nSPS) is 31.1. The van der Waals surface area contributed by atoms with E-state index >= 15 is 0 Å². The molecule has 4 nitrogen and oxygen atoms in total. The smallest absolute Gasteiger partial charge is 0.150 e. The lowest BCUT2D eigenvalue weighted by molar-refractivity contribution is 0.0767. The molecule has 0 spiro atoms. The molecule has 2 aliphatic rings. The Kier molecular flexibility index (Phi) is 5.49. The monoisotopic (exact) mass is 303 g/mol. The standard InChI is InChI=1S/C15H29NO3S/c1-20(18,19)14-7-5-6-13(10-14)16-11-15(12-17)8-3-2-4-9-15/h13-14,16-17H,2-12H2,1H3. The van der Waals surface area contributed by atoms with Crippen LogP contribution in [0, 0.1) is 5.41 Å². The van der Waals surface area contributed by atoms with Crippen LogP contribution in [0.15, 0.2) is 0 Å². The summed E-state index contributed by atoms with van der Waals surface area (Å²) in [5.74, 6) is 0. The fourth-order valence-corrected chi connectivity index (χ4v) is 4.95. The number of aliphatic hydroxyl groups excluding tert-OH is 1. The molecular weight excluding hydrogens is 274 g/mol. The molecule has 20 heavy (non-hydrogen) atoms. The third-order valence-corrected chi connectivity index (χ3v) is 6.89. The lowest BCUT2D eigenvalue weighted by Crippen LogP contribution is -2.46. The Bertz CT molecular complexity index is 401. The van der Waals surface area contributed by atoms with E-state index in [1.807, 2.05) is 0 Å². The molecule has 0 bridgehead atoms. The van der Waals surface area contributed by atoms with Gasteiger partial charge in [0.25, 0.3) is 0 Å². The molecule has 2 unspecified atom stereocenters. The predicted molar refractivity (Wildman–Crippen MR) is 81.5 cm³/mol. The van der Waals surface area contributed by atoms with Gasteiger partial charge in [-0.2, -0.15) is 0 Å². The molecular formula is C15H29NO3S. The first-order valence-corrected chi connectivity index (χ1v) is 9.94. The molecule has 2 saturated carbocycles. The van der Waals surface area contributed by atoms with Crippen LogP contribution in [0.1, 0.15) is 57.8 Å². The summed E-state index contributed by atoms with van der Waals surface area (Å²) in [6, 6.07) is 0.300. The zero-order valence-corrected chi connectivity index (χ0v) is 13.4. The van der Waals surface area contributed by atoms with Crippen molar-refractivity contribution in [3.63, 3.8) is 0 Å². The molecule has 2 fully saturated rings. The summed E-state index contributed by atoms with van der Waals surface area (Å²) in [6.45, 7) is 1.09. The van der Waals surface area contributed by atoms with E-state index in [-0.39, 0.29) is 17.3 Å². The van der Waals surface area contributed by atoms with E-state index in [1.54, 1.807) is 0 Å². The SMILES string of the molecule is CS(=O)(=O)C1CCCC(NCC2(CO)CCCCC2)C1. The minimum atomic E-state index is -2.91. The van der Waals surface area contributed by atoms with Crippen LogP contribution >= 0.6 is 0 Å². The van der Waals surface area contributed by atoms with Crippen LogP contribution in [-0.4, -0.2) is 44.2 Å². The number of sulfone groups is 1. The summed E-state index contributed by atoms with van der Waals surface area (Å²) >= 11 is 0. The van der Waals surface area contributed by atoms with E-state index in [2.05, 4.69) is 5.32 Å². The summed E-state index contributed by atoms with van der Waals surface area (Å²) < 4.78 is 23.4. The maximum absolute atomic E-state index is 11.7. The molecule has 2 N–H and O–H groups in total. The van der Waals surface area contributed by atoms with Crippen molar-refractivity contribution in [2.24, 2.45) is 5.41 Å². The third kappa shape index (κ3) is 4.18. The van der Waals surface area contributed by atoms with Crippen molar-refractivity contribution in [1.82, 2.24) is 5.32 Å². The number of hydrogen-bond acceptors (Lipinski definition) is 4. The zero-order valence-electron chi connectivity index (χ0n) is 12.6. The molecule has 0 radical (unpaired) electrons. The fourth-order valence-electron chi connectivity index (χ4n) is 3.77. The first-order chi connectivity index (χ1) is 9.45. The van der Waals surface area contributed by atoms with E-state index in [1.165, 1.54) is 25.5 Å². The van der Waals surface area contributed by atoms with Gasteiger partial charge in [-0.1, -0.05) is 25.7 Å². The van der Waals surface area contributed by atoms with E-state index in [0.29, 0.717) is 6.04 Å². The van der Waals surface area contributed by atoms with Crippen molar-refractivity contribution in [3.05, 3.63) is 0 Å². The summed E-state index contributed by atoms with van der Waals surface area (Å²) in [7, 11) is -2.91. The molecule has 0 saturated heterocycles. The Morgan fingerprint density at radius 2 is 1.85 bits per heavy atom. The van der Waals surface area contributed by atoms with Crippen LogP contribution in [0.2, 0.25) is 0 Å². The van der Waals surface area contributed by atoms with Crippen molar-refractivity contribution >= 4 is 9.84 Å². The minimum absolute atomic E-state index is 0.0380. The zero-order chi connectivity index (χ0) is 14.6. The van der Waals surface area contributed by atoms with Gasteiger partial charge in [0.1, 0.15) is 9.84 Å². The highest BCUT2D eigenvalue weighted by molar-refractivity contribution is 7.91. The Labute approximate surface area is 123 Å². The van der Waals surface area contributed by atoms with Gasteiger partial charge in [-0.05, 0) is 32.1 Å². The lowest BCUT2D eigenvalue weighted by Gasteiger charge is -2.38. The van der Waals surface area contributed by atoms with Crippen molar-refractivity contribution < 1.29 is 13.5 Å². The topological polar surface area (TPSA) is 66.4 Å². The average molecular weight is 303 g/mol. The van der Waals surface area contributed by atoms with E-state index in [9.17, 15) is 13.5 Å². The van der Waals surface area contributed by atoms with Gasteiger partial charge in [-0.3, -0.25) is 0 Å². The largest absolute Gasteiger partial charge is 0.396 e. The van der Waals surface area contributed by atoms with Gasteiger partial charge in [0, 0.05) is 30.9 Å². The van der Waals surface area contributed by atoms with Crippen molar-refractivity contribution in [3.8, 4) is 0 Å². The van der Waals surface area contributed by atoms with Crippen LogP contribution < -0.4 is 5.32 Å². The molecule has 0 aromatic rings. The minimum Gasteiger partial charge on any atom is -0.396 e. The van der Waals surface area contributed by atoms with Gasteiger partial charge in [0.15, 0.2) is 0 Å². The van der Waals surface area contributed by atoms with Gasteiger partial charge in [-0.25, -0.2) is 8.42 Å². The molecule has 2 rings (SSSR count). The maximum atomic E-state index is 11.7. The average Bonchev–Trinajstić information content (AvgIpc) is 2.46. The molecule has 0 heterocycles. The second kappa shape index (κ2) is 6.75. The Balaban J connectivity index is 1.86. The van der Waals surface area contributed by atoms with Crippen LogP contribution in [0.3, 0.4) is 0 Å². The first-order valence-electron chi connectivity index (χ1n) is 7.98. The number of hydrogen-bond donors (Lipinski definition) is 2. The fraction of sp³-hybridized carbons (Fsp3) is 1.00. The molecule has 0 amide bonds. The Morgan fingerprint density at radius 1 is 1.15 bits per heavy atom. The summed E-state index contributed by atoms with van der Waals surface area (Å²) in [6.07, 6.45) is 10.8. The van der Waals surface area contributed by atoms with Crippen molar-refractivity contribution in [2.75, 3.05) is 19.4 Å². The maximum Gasteiger partial charge on any atom is 0.150 e. The van der Waals surface area contributed by atoms with Crippen molar-refractivity contribution in [2.45, 2.75) is 69.1 Å². The van der Waals surface area contributed by atoms with Crippen molar-refractivity contribution in [1.29, 1.82) is 0 Å². The Morgan fingerprint density at radius 3 is 2.45 bits per heavy atom. The Hall–Kier alpha value is -0.130. The van der Waals surface area contributed by atoms with Gasteiger partial charge < -0.3 is 10.4 Å². The second-order valence-corrected chi connectivity index (χ2v) is 9.24. The first kappa shape index (κ1) is 16.2. The molecule has 0 aromatic heterocycles. The summed E-state index contributed by atoms with van der Waals surface area (Å²) in [4.78, 5) is 0. The molecule has 0 aromatic carbocycles. The highest BCUT2D eigenvalue weighted by atomic mass is 32.2. The molecule has 118 valence electrons. The lowest BCUT2D eigenvalue weighted by atomic mass is 9.74. The predicted octanol–water partition coefficient (Wildman–Crippen LogP) is 1.87. The second-order valence-electron chi connectivity index (χ2n) is 6.91. The van der Waals surface area contributed by atoms with E-state index in [0.717, 1.165) is 45.1 Å². The quantitative estimate of drug-likeness (QED) is 0.814. The summed E-state index contributed by atoms with van der Waals surface area (Å²) in [5.41, 5.74) is 0.0380. The van der Waals surface area contributed by atoms with E-state index < -0.39 is 9.84 Å². The molecule has 2 aliphatic carbocycles. The van der Waals surface area contributed by atoms with Gasteiger partial charge in [0.2, 0.25) is 0 Å². The highest BCUT2D eigenvalue weighted by Crippen LogP contribution is 2.35.